The summed E-state index contributed by atoms with van der Waals surface area (Å²) in [6.07, 6.45) is -1.43. The highest BCUT2D eigenvalue weighted by Crippen LogP contribution is 2.32. The SMILES string of the molecule is COc1ccc(C(=O)N[C@@H](c2ccc(Cl)cc2)[C@H](NC(=O)O)c2ccc(Cl)cc2)c(OC(C)C)c1. The van der Waals surface area contributed by atoms with Crippen molar-refractivity contribution in [2.24, 2.45) is 0 Å². The van der Waals surface area contributed by atoms with E-state index in [1.165, 1.54) is 7.11 Å². The summed E-state index contributed by atoms with van der Waals surface area (Å²) in [5.41, 5.74) is 1.55. The van der Waals surface area contributed by atoms with Crippen LogP contribution in [-0.2, 0) is 0 Å². The Hall–Kier alpha value is -3.42. The van der Waals surface area contributed by atoms with Crippen LogP contribution >= 0.6 is 23.2 Å². The minimum Gasteiger partial charge on any atom is -0.497 e. The van der Waals surface area contributed by atoms with Gasteiger partial charge in [0.05, 0.1) is 30.9 Å². The summed E-state index contributed by atoms with van der Waals surface area (Å²) in [6, 6.07) is 16.8. The van der Waals surface area contributed by atoms with Crippen LogP contribution in [0.25, 0.3) is 0 Å². The van der Waals surface area contributed by atoms with Crippen molar-refractivity contribution in [3.05, 3.63) is 93.5 Å². The number of ether oxygens (including phenoxy) is 2. The molecule has 9 heteroatoms. The molecule has 2 amide bonds. The highest BCUT2D eigenvalue weighted by atomic mass is 35.5. The molecule has 0 radical (unpaired) electrons. The Bertz CT molecular complexity index is 1170. The lowest BCUT2D eigenvalue weighted by Gasteiger charge is -2.29. The minimum atomic E-state index is -1.24. The van der Waals surface area contributed by atoms with E-state index in [9.17, 15) is 14.7 Å². The fourth-order valence-corrected chi connectivity index (χ4v) is 3.83. The molecule has 0 unspecified atom stereocenters. The lowest BCUT2D eigenvalue weighted by Crippen LogP contribution is -2.40. The Kier molecular flexibility index (Phi) is 8.84. The van der Waals surface area contributed by atoms with E-state index in [2.05, 4.69) is 10.6 Å². The van der Waals surface area contributed by atoms with Gasteiger partial charge in [0.15, 0.2) is 0 Å². The zero-order chi connectivity index (χ0) is 25.5. The molecule has 0 spiro atoms. The lowest BCUT2D eigenvalue weighted by atomic mass is 9.93. The van der Waals surface area contributed by atoms with Crippen LogP contribution < -0.4 is 20.1 Å². The minimum absolute atomic E-state index is 0.184. The monoisotopic (exact) mass is 516 g/mol. The second-order valence-electron chi connectivity index (χ2n) is 8.01. The van der Waals surface area contributed by atoms with Gasteiger partial charge in [-0.3, -0.25) is 4.79 Å². The maximum Gasteiger partial charge on any atom is 0.405 e. The molecule has 0 aliphatic carbocycles. The Balaban J connectivity index is 2.06. The van der Waals surface area contributed by atoms with Crippen molar-refractivity contribution < 1.29 is 24.2 Å². The van der Waals surface area contributed by atoms with Gasteiger partial charge < -0.3 is 25.2 Å². The molecular weight excluding hydrogens is 491 g/mol. The molecule has 2 atom stereocenters. The van der Waals surface area contributed by atoms with Crippen molar-refractivity contribution in [3.8, 4) is 11.5 Å². The maximum absolute atomic E-state index is 13.5. The van der Waals surface area contributed by atoms with Crippen molar-refractivity contribution >= 4 is 35.2 Å². The fraction of sp³-hybridized carbons (Fsp3) is 0.231. The number of carboxylic acid groups (broad SMARTS) is 1. The second-order valence-corrected chi connectivity index (χ2v) is 8.88. The van der Waals surface area contributed by atoms with Crippen LogP contribution in [0, 0.1) is 0 Å². The Labute approximate surface area is 214 Å². The first-order chi connectivity index (χ1) is 16.7. The van der Waals surface area contributed by atoms with Crippen molar-refractivity contribution in [1.82, 2.24) is 10.6 Å². The van der Waals surface area contributed by atoms with Gasteiger partial charge in [0.2, 0.25) is 0 Å². The van der Waals surface area contributed by atoms with Gasteiger partial charge >= 0.3 is 6.09 Å². The third-order valence-electron chi connectivity index (χ3n) is 5.15. The maximum atomic E-state index is 13.5. The zero-order valence-electron chi connectivity index (χ0n) is 19.4. The molecule has 35 heavy (non-hydrogen) atoms. The average Bonchev–Trinajstić information content (AvgIpc) is 2.82. The number of methoxy groups -OCH3 is 1. The molecule has 3 rings (SSSR count). The van der Waals surface area contributed by atoms with Gasteiger partial charge in [-0.2, -0.15) is 0 Å². The highest BCUT2D eigenvalue weighted by Gasteiger charge is 2.29. The van der Waals surface area contributed by atoms with Gasteiger partial charge in [-0.1, -0.05) is 47.5 Å². The molecule has 0 aliphatic rings. The highest BCUT2D eigenvalue weighted by molar-refractivity contribution is 6.30. The smallest absolute Gasteiger partial charge is 0.405 e. The zero-order valence-corrected chi connectivity index (χ0v) is 20.9. The number of amides is 2. The van der Waals surface area contributed by atoms with Crippen molar-refractivity contribution in [1.29, 1.82) is 0 Å². The van der Waals surface area contributed by atoms with Gasteiger partial charge in [0.25, 0.3) is 5.91 Å². The van der Waals surface area contributed by atoms with Gasteiger partial charge in [-0.25, -0.2) is 4.79 Å². The van der Waals surface area contributed by atoms with Crippen LogP contribution in [0.15, 0.2) is 66.7 Å². The number of halogens is 2. The second kappa shape index (κ2) is 11.8. The molecule has 3 N–H and O–H groups in total. The summed E-state index contributed by atoms with van der Waals surface area (Å²) in [5.74, 6) is 0.438. The average molecular weight is 517 g/mol. The van der Waals surface area contributed by atoms with Gasteiger partial charge in [-0.15, -0.1) is 0 Å². The van der Waals surface area contributed by atoms with E-state index in [-0.39, 0.29) is 11.7 Å². The van der Waals surface area contributed by atoms with Crippen molar-refractivity contribution in [3.63, 3.8) is 0 Å². The topological polar surface area (TPSA) is 96.9 Å². The molecule has 0 saturated carbocycles. The van der Waals surface area contributed by atoms with Crippen LogP contribution in [0.4, 0.5) is 4.79 Å². The molecule has 0 fully saturated rings. The number of nitrogens with one attached hydrogen (secondary N) is 2. The molecular formula is C26H26Cl2N2O5. The first kappa shape index (κ1) is 26.2. The Morgan fingerprint density at radius 3 is 1.80 bits per heavy atom. The summed E-state index contributed by atoms with van der Waals surface area (Å²) >= 11 is 12.1. The Morgan fingerprint density at radius 2 is 1.34 bits per heavy atom. The third kappa shape index (κ3) is 7.04. The van der Waals surface area contributed by atoms with E-state index < -0.39 is 24.1 Å². The first-order valence-electron chi connectivity index (χ1n) is 10.8. The van der Waals surface area contributed by atoms with Crippen molar-refractivity contribution in [2.45, 2.75) is 32.0 Å². The number of carbonyl (C=O) groups is 2. The molecule has 0 bridgehead atoms. The van der Waals surface area contributed by atoms with Crippen LogP contribution in [-0.4, -0.2) is 30.3 Å². The predicted octanol–water partition coefficient (Wildman–Crippen LogP) is 6.27. The first-order valence-corrected chi connectivity index (χ1v) is 11.6. The number of hydrogen-bond acceptors (Lipinski definition) is 4. The molecule has 3 aromatic carbocycles. The summed E-state index contributed by atoms with van der Waals surface area (Å²) in [7, 11) is 1.53. The molecule has 0 heterocycles. The fourth-order valence-electron chi connectivity index (χ4n) is 3.58. The summed E-state index contributed by atoms with van der Waals surface area (Å²) < 4.78 is 11.1. The largest absolute Gasteiger partial charge is 0.497 e. The quantitative estimate of drug-likeness (QED) is 0.311. The van der Waals surface area contributed by atoms with E-state index in [0.717, 1.165) is 0 Å². The van der Waals surface area contributed by atoms with E-state index in [0.29, 0.717) is 32.7 Å². The molecule has 0 aliphatic heterocycles. The number of rotatable bonds is 9. The van der Waals surface area contributed by atoms with Crippen LogP contribution in [0.3, 0.4) is 0 Å². The lowest BCUT2D eigenvalue weighted by molar-refractivity contribution is 0.0918. The summed E-state index contributed by atoms with van der Waals surface area (Å²) in [5, 5.41) is 16.1. The van der Waals surface area contributed by atoms with Crippen LogP contribution in [0.1, 0.15) is 47.4 Å². The van der Waals surface area contributed by atoms with E-state index in [1.807, 2.05) is 13.8 Å². The van der Waals surface area contributed by atoms with Crippen LogP contribution in [0.5, 0.6) is 11.5 Å². The van der Waals surface area contributed by atoms with Gasteiger partial charge in [0, 0.05) is 16.1 Å². The number of hydrogen-bond donors (Lipinski definition) is 3. The molecule has 7 nitrogen and oxygen atoms in total. The molecule has 3 aromatic rings. The normalized spacial score (nSPS) is 12.5. The summed E-state index contributed by atoms with van der Waals surface area (Å²) in [4.78, 5) is 25.3. The van der Waals surface area contributed by atoms with Gasteiger partial charge in [-0.05, 0) is 61.4 Å². The number of benzene rings is 3. The Morgan fingerprint density at radius 1 is 0.829 bits per heavy atom. The van der Waals surface area contributed by atoms with E-state index in [1.54, 1.807) is 66.7 Å². The standard InChI is InChI=1S/C26H26Cl2N2O5/c1-15(2)35-22-14-20(34-3)12-13-21(22)25(31)29-23(16-4-8-18(27)9-5-16)24(30-26(32)33)17-6-10-19(28)11-7-17/h4-15,23-24,30H,1-3H3,(H,29,31)(H,32,33)/t23-,24+/m0/s1. The number of carbonyl (C=O) groups excluding carboxylic acids is 1. The van der Waals surface area contributed by atoms with E-state index in [4.69, 9.17) is 32.7 Å². The third-order valence-corrected chi connectivity index (χ3v) is 5.66. The van der Waals surface area contributed by atoms with E-state index >= 15 is 0 Å². The molecule has 0 saturated heterocycles. The molecule has 0 aromatic heterocycles. The predicted molar refractivity (Wildman–Crippen MR) is 136 cm³/mol. The van der Waals surface area contributed by atoms with Crippen molar-refractivity contribution in [2.75, 3.05) is 7.11 Å². The van der Waals surface area contributed by atoms with Crippen LogP contribution in [0.2, 0.25) is 10.0 Å². The summed E-state index contributed by atoms with van der Waals surface area (Å²) in [6.45, 7) is 3.70. The van der Waals surface area contributed by atoms with Gasteiger partial charge in [0.1, 0.15) is 11.5 Å². The molecule has 184 valence electrons.